The lowest BCUT2D eigenvalue weighted by Crippen LogP contribution is -2.02. The highest BCUT2D eigenvalue weighted by Crippen LogP contribution is 2.33. The van der Waals surface area contributed by atoms with Crippen molar-refractivity contribution in [1.29, 1.82) is 0 Å². The first-order chi connectivity index (χ1) is 8.24. The molecule has 0 aliphatic rings. The van der Waals surface area contributed by atoms with E-state index in [1.54, 1.807) is 12.4 Å². The molecule has 0 fully saturated rings. The predicted octanol–water partition coefficient (Wildman–Crippen LogP) is 3.36. The summed E-state index contributed by atoms with van der Waals surface area (Å²) in [5, 5.41) is 10.5. The fourth-order valence-corrected chi connectivity index (χ4v) is 1.98. The summed E-state index contributed by atoms with van der Waals surface area (Å²) in [6.07, 6.45) is 2.59. The van der Waals surface area contributed by atoms with E-state index in [0.29, 0.717) is 17.2 Å². The van der Waals surface area contributed by atoms with Crippen LogP contribution in [0.5, 0.6) is 0 Å². The summed E-state index contributed by atoms with van der Waals surface area (Å²) in [5.41, 5.74) is 2.43. The van der Waals surface area contributed by atoms with Gasteiger partial charge in [0.15, 0.2) is 6.29 Å². The van der Waals surface area contributed by atoms with Gasteiger partial charge < -0.3 is 14.8 Å². The molecule has 17 heavy (non-hydrogen) atoms. The number of aliphatic hydroxyl groups excluding tert-OH is 1. The maximum Gasteiger partial charge on any atom is 0.183 e. The van der Waals surface area contributed by atoms with Crippen molar-refractivity contribution in [2.24, 2.45) is 0 Å². The Morgan fingerprint density at radius 3 is 2.76 bits per heavy atom. The number of hydrogen-bond acceptors (Lipinski definition) is 2. The summed E-state index contributed by atoms with van der Waals surface area (Å²) in [6.45, 7) is 2.29. The van der Waals surface area contributed by atoms with Crippen LogP contribution in [0.1, 0.15) is 18.8 Å². The minimum atomic E-state index is -0.933. The molecule has 1 aromatic carbocycles. The molecule has 0 saturated heterocycles. The van der Waals surface area contributed by atoms with Gasteiger partial charge >= 0.3 is 0 Å². The normalized spacial score (nSPS) is 12.6. The van der Waals surface area contributed by atoms with E-state index >= 15 is 0 Å². The number of aromatic nitrogens is 1. The number of ether oxygens (including phenoxy) is 1. The number of rotatable bonds is 4. The number of nitrogens with one attached hydrogen (secondary N) is 1. The molecule has 2 rings (SSSR count). The van der Waals surface area contributed by atoms with Crippen molar-refractivity contribution in [1.82, 2.24) is 4.98 Å². The van der Waals surface area contributed by atoms with E-state index in [1.165, 1.54) is 0 Å². The number of H-pyrrole nitrogens is 1. The smallest absolute Gasteiger partial charge is 0.183 e. The van der Waals surface area contributed by atoms with E-state index in [-0.39, 0.29) is 0 Å². The zero-order valence-corrected chi connectivity index (χ0v) is 10.2. The zero-order chi connectivity index (χ0) is 12.3. The molecular weight excluding hydrogens is 238 g/mol. The molecule has 0 spiro atoms. The molecule has 1 heterocycles. The van der Waals surface area contributed by atoms with Crippen molar-refractivity contribution in [2.45, 2.75) is 13.2 Å². The van der Waals surface area contributed by atoms with Gasteiger partial charge in [0.25, 0.3) is 0 Å². The second-order valence-electron chi connectivity index (χ2n) is 3.61. The fraction of sp³-hybridized carbons (Fsp3) is 0.231. The predicted molar refractivity (Wildman–Crippen MR) is 67.8 cm³/mol. The third-order valence-corrected chi connectivity index (χ3v) is 2.86. The lowest BCUT2D eigenvalue weighted by atomic mass is 10.0. The van der Waals surface area contributed by atoms with Gasteiger partial charge in [-0.3, -0.25) is 0 Å². The first-order valence-corrected chi connectivity index (χ1v) is 5.83. The molecule has 3 nitrogen and oxygen atoms in total. The van der Waals surface area contributed by atoms with Crippen LogP contribution in [-0.2, 0) is 4.74 Å². The second kappa shape index (κ2) is 5.36. The van der Waals surface area contributed by atoms with Crippen LogP contribution in [0, 0.1) is 0 Å². The van der Waals surface area contributed by atoms with Crippen LogP contribution in [0.2, 0.25) is 5.02 Å². The van der Waals surface area contributed by atoms with Crippen molar-refractivity contribution in [3.05, 3.63) is 47.2 Å². The molecule has 0 saturated carbocycles. The summed E-state index contributed by atoms with van der Waals surface area (Å²) in [5.74, 6) is 0. The number of aliphatic hydroxyl groups is 1. The van der Waals surface area contributed by atoms with Crippen molar-refractivity contribution in [2.75, 3.05) is 6.61 Å². The number of aromatic amines is 1. The minimum Gasteiger partial charge on any atom is -0.367 e. The van der Waals surface area contributed by atoms with E-state index in [2.05, 4.69) is 4.98 Å². The van der Waals surface area contributed by atoms with Gasteiger partial charge in [0, 0.05) is 40.7 Å². The van der Waals surface area contributed by atoms with Crippen LogP contribution in [0.15, 0.2) is 36.7 Å². The lowest BCUT2D eigenvalue weighted by Gasteiger charge is -2.12. The van der Waals surface area contributed by atoms with Crippen LogP contribution in [0.3, 0.4) is 0 Å². The molecule has 0 aliphatic heterocycles. The molecule has 1 aromatic heterocycles. The fourth-order valence-electron chi connectivity index (χ4n) is 1.74. The summed E-state index contributed by atoms with van der Waals surface area (Å²) < 4.78 is 5.18. The summed E-state index contributed by atoms with van der Waals surface area (Å²) in [4.78, 5) is 2.96. The molecule has 1 unspecified atom stereocenters. The quantitative estimate of drug-likeness (QED) is 0.819. The SMILES string of the molecule is CCOC(O)c1c[nH]cc1-c1ccccc1Cl. The average Bonchev–Trinajstić information content (AvgIpc) is 2.79. The van der Waals surface area contributed by atoms with Gasteiger partial charge in [-0.05, 0) is 13.0 Å². The summed E-state index contributed by atoms with van der Waals surface area (Å²) in [6, 6.07) is 7.51. The Morgan fingerprint density at radius 1 is 1.29 bits per heavy atom. The Bertz CT molecular complexity index is 496. The Morgan fingerprint density at radius 2 is 2.06 bits per heavy atom. The van der Waals surface area contributed by atoms with Crippen LogP contribution < -0.4 is 0 Å². The molecule has 0 radical (unpaired) electrons. The Balaban J connectivity index is 2.40. The van der Waals surface area contributed by atoms with E-state index in [1.807, 2.05) is 31.2 Å². The van der Waals surface area contributed by atoms with Crippen LogP contribution in [-0.4, -0.2) is 16.7 Å². The van der Waals surface area contributed by atoms with Gasteiger partial charge in [0.2, 0.25) is 0 Å². The number of benzene rings is 1. The molecule has 90 valence electrons. The maximum atomic E-state index is 9.86. The van der Waals surface area contributed by atoms with Gasteiger partial charge in [-0.15, -0.1) is 0 Å². The van der Waals surface area contributed by atoms with Gasteiger partial charge in [-0.2, -0.15) is 0 Å². The minimum absolute atomic E-state index is 0.453. The van der Waals surface area contributed by atoms with Crippen molar-refractivity contribution < 1.29 is 9.84 Å². The Hall–Kier alpha value is -1.29. The lowest BCUT2D eigenvalue weighted by molar-refractivity contribution is -0.0975. The average molecular weight is 252 g/mol. The summed E-state index contributed by atoms with van der Waals surface area (Å²) >= 11 is 6.13. The molecular formula is C13H14ClNO2. The Labute approximate surface area is 105 Å². The summed E-state index contributed by atoms with van der Waals surface area (Å²) in [7, 11) is 0. The van der Waals surface area contributed by atoms with Crippen LogP contribution in [0.25, 0.3) is 11.1 Å². The molecule has 2 aromatic rings. The van der Waals surface area contributed by atoms with E-state index in [0.717, 1.165) is 11.1 Å². The molecule has 4 heteroatoms. The molecule has 1 atom stereocenters. The van der Waals surface area contributed by atoms with Crippen LogP contribution in [0.4, 0.5) is 0 Å². The first-order valence-electron chi connectivity index (χ1n) is 5.45. The highest BCUT2D eigenvalue weighted by molar-refractivity contribution is 6.33. The third kappa shape index (κ3) is 2.52. The molecule has 2 N–H and O–H groups in total. The topological polar surface area (TPSA) is 45.2 Å². The van der Waals surface area contributed by atoms with Gasteiger partial charge in [-0.1, -0.05) is 29.8 Å². The van der Waals surface area contributed by atoms with Crippen molar-refractivity contribution in [3.63, 3.8) is 0 Å². The molecule has 0 aliphatic carbocycles. The third-order valence-electron chi connectivity index (χ3n) is 2.53. The highest BCUT2D eigenvalue weighted by atomic mass is 35.5. The maximum absolute atomic E-state index is 9.86. The zero-order valence-electron chi connectivity index (χ0n) is 9.48. The second-order valence-corrected chi connectivity index (χ2v) is 4.02. The number of halogens is 1. The standard InChI is InChI=1S/C13H14ClNO2/c1-2-17-13(16)11-8-15-7-10(11)9-5-3-4-6-12(9)14/h3-8,13,15-16H,2H2,1H3. The van der Waals surface area contributed by atoms with E-state index in [4.69, 9.17) is 16.3 Å². The van der Waals surface area contributed by atoms with Gasteiger partial charge in [0.05, 0.1) is 0 Å². The first kappa shape index (κ1) is 12.2. The van der Waals surface area contributed by atoms with Gasteiger partial charge in [0.1, 0.15) is 0 Å². The largest absolute Gasteiger partial charge is 0.367 e. The molecule has 0 amide bonds. The monoisotopic (exact) mass is 251 g/mol. The molecule has 0 bridgehead atoms. The van der Waals surface area contributed by atoms with Crippen molar-refractivity contribution >= 4 is 11.6 Å². The Kier molecular flexibility index (Phi) is 3.84. The van der Waals surface area contributed by atoms with Crippen LogP contribution >= 0.6 is 11.6 Å². The van der Waals surface area contributed by atoms with E-state index < -0.39 is 6.29 Å². The van der Waals surface area contributed by atoms with E-state index in [9.17, 15) is 5.11 Å². The number of hydrogen-bond donors (Lipinski definition) is 2. The van der Waals surface area contributed by atoms with Gasteiger partial charge in [-0.25, -0.2) is 0 Å². The van der Waals surface area contributed by atoms with Crippen molar-refractivity contribution in [3.8, 4) is 11.1 Å². The highest BCUT2D eigenvalue weighted by Gasteiger charge is 2.16.